The Bertz CT molecular complexity index is 579. The number of urea groups is 1. The predicted octanol–water partition coefficient (Wildman–Crippen LogP) is 1.62. The zero-order valence-corrected chi connectivity index (χ0v) is 13.6. The van der Waals surface area contributed by atoms with Gasteiger partial charge in [-0.05, 0) is 30.5 Å². The summed E-state index contributed by atoms with van der Waals surface area (Å²) in [4.78, 5) is 16.4. The molecule has 24 heavy (non-hydrogen) atoms. The third-order valence-electron chi connectivity index (χ3n) is 4.69. The Labute approximate surface area is 140 Å². The third-order valence-corrected chi connectivity index (χ3v) is 4.69. The van der Waals surface area contributed by atoms with Crippen LogP contribution in [-0.2, 0) is 11.2 Å². The molecule has 7 heteroatoms. The van der Waals surface area contributed by atoms with Gasteiger partial charge in [0.05, 0.1) is 13.2 Å². The van der Waals surface area contributed by atoms with Crippen LogP contribution >= 0.6 is 0 Å². The van der Waals surface area contributed by atoms with Crippen molar-refractivity contribution in [2.45, 2.75) is 18.9 Å². The van der Waals surface area contributed by atoms with Gasteiger partial charge < -0.3 is 15.0 Å². The zero-order valence-electron chi connectivity index (χ0n) is 13.6. The quantitative estimate of drug-likeness (QED) is 0.907. The fourth-order valence-corrected chi connectivity index (χ4v) is 3.29. The Morgan fingerprint density at radius 1 is 1.21 bits per heavy atom. The number of rotatable bonds is 4. The van der Waals surface area contributed by atoms with Crippen LogP contribution in [-0.4, -0.2) is 67.8 Å². The number of halogens is 2. The van der Waals surface area contributed by atoms with Crippen molar-refractivity contribution in [3.05, 3.63) is 35.4 Å². The summed E-state index contributed by atoms with van der Waals surface area (Å²) in [6, 6.07) is 4.14. The fourth-order valence-electron chi connectivity index (χ4n) is 3.29. The highest BCUT2D eigenvalue weighted by atomic mass is 19.2. The molecule has 2 aliphatic heterocycles. The van der Waals surface area contributed by atoms with E-state index in [0.29, 0.717) is 24.6 Å². The Kier molecular flexibility index (Phi) is 5.63. The summed E-state index contributed by atoms with van der Waals surface area (Å²) < 4.78 is 31.4. The Balaban J connectivity index is 1.41. The maximum atomic E-state index is 13.1. The van der Waals surface area contributed by atoms with Gasteiger partial charge in [-0.15, -0.1) is 0 Å². The standard InChI is InChI=1S/C17H23F2N3O2/c18-15-2-1-13(11-16(15)19)3-5-20-17(23)22-6-4-14(12-22)21-7-9-24-10-8-21/h1-2,11,14H,3-10,12H2,(H,20,23)/t14-/m1/s1. The van der Waals surface area contributed by atoms with Crippen LogP contribution in [0.1, 0.15) is 12.0 Å². The number of hydrogen-bond donors (Lipinski definition) is 1. The molecule has 3 rings (SSSR count). The molecule has 1 aromatic rings. The lowest BCUT2D eigenvalue weighted by Gasteiger charge is -2.32. The molecule has 0 aliphatic carbocycles. The molecule has 5 nitrogen and oxygen atoms in total. The molecule has 0 saturated carbocycles. The molecule has 1 atom stereocenters. The summed E-state index contributed by atoms with van der Waals surface area (Å²) in [6.07, 6.45) is 1.46. The number of amides is 2. The second-order valence-electron chi connectivity index (χ2n) is 6.27. The zero-order chi connectivity index (χ0) is 16.9. The molecule has 2 heterocycles. The molecule has 0 bridgehead atoms. The van der Waals surface area contributed by atoms with Gasteiger partial charge in [0.1, 0.15) is 0 Å². The SMILES string of the molecule is O=C(NCCc1ccc(F)c(F)c1)N1CC[C@@H](N2CCOCC2)C1. The van der Waals surface area contributed by atoms with E-state index in [9.17, 15) is 13.6 Å². The number of benzene rings is 1. The number of likely N-dealkylation sites (tertiary alicyclic amines) is 1. The molecule has 2 amide bonds. The summed E-state index contributed by atoms with van der Waals surface area (Å²) in [5.41, 5.74) is 0.668. The van der Waals surface area contributed by atoms with Crippen LogP contribution in [0.5, 0.6) is 0 Å². The van der Waals surface area contributed by atoms with Gasteiger partial charge in [0.25, 0.3) is 0 Å². The van der Waals surface area contributed by atoms with E-state index in [2.05, 4.69) is 10.2 Å². The summed E-state index contributed by atoms with van der Waals surface area (Å²) in [5, 5.41) is 2.86. The predicted molar refractivity (Wildman–Crippen MR) is 85.8 cm³/mol. The van der Waals surface area contributed by atoms with Gasteiger partial charge in [0, 0.05) is 38.8 Å². The van der Waals surface area contributed by atoms with Crippen LogP contribution in [0.4, 0.5) is 13.6 Å². The van der Waals surface area contributed by atoms with E-state index in [-0.39, 0.29) is 6.03 Å². The van der Waals surface area contributed by atoms with E-state index in [1.165, 1.54) is 12.1 Å². The van der Waals surface area contributed by atoms with Crippen molar-refractivity contribution in [1.29, 1.82) is 0 Å². The summed E-state index contributed by atoms with van der Waals surface area (Å²) in [5.74, 6) is -1.71. The number of ether oxygens (including phenoxy) is 1. The first kappa shape index (κ1) is 17.1. The summed E-state index contributed by atoms with van der Waals surface area (Å²) in [6.45, 7) is 5.26. The van der Waals surface area contributed by atoms with E-state index in [1.54, 1.807) is 0 Å². The van der Waals surface area contributed by atoms with Crippen molar-refractivity contribution in [2.75, 3.05) is 45.9 Å². The molecule has 0 spiro atoms. The van der Waals surface area contributed by atoms with E-state index < -0.39 is 11.6 Å². The number of nitrogens with one attached hydrogen (secondary N) is 1. The first-order chi connectivity index (χ1) is 11.6. The number of carbonyl (C=O) groups is 1. The normalized spacial score (nSPS) is 21.9. The minimum absolute atomic E-state index is 0.0895. The molecule has 0 aromatic heterocycles. The van der Waals surface area contributed by atoms with Gasteiger partial charge in [-0.25, -0.2) is 13.6 Å². The molecular weight excluding hydrogens is 316 g/mol. The van der Waals surface area contributed by atoms with Crippen LogP contribution in [0, 0.1) is 11.6 Å². The Morgan fingerprint density at radius 3 is 2.75 bits per heavy atom. The van der Waals surface area contributed by atoms with Gasteiger partial charge in [-0.1, -0.05) is 6.07 Å². The Morgan fingerprint density at radius 2 is 2.00 bits per heavy atom. The highest BCUT2D eigenvalue weighted by Crippen LogP contribution is 2.17. The molecule has 1 N–H and O–H groups in total. The number of morpholine rings is 1. The van der Waals surface area contributed by atoms with Crippen molar-refractivity contribution in [3.63, 3.8) is 0 Å². The van der Waals surface area contributed by atoms with E-state index in [0.717, 1.165) is 51.9 Å². The molecule has 0 radical (unpaired) electrons. The van der Waals surface area contributed by atoms with E-state index in [1.807, 2.05) is 4.90 Å². The summed E-state index contributed by atoms with van der Waals surface area (Å²) >= 11 is 0. The van der Waals surface area contributed by atoms with Gasteiger partial charge in [0.2, 0.25) is 0 Å². The van der Waals surface area contributed by atoms with Crippen molar-refractivity contribution < 1.29 is 18.3 Å². The largest absolute Gasteiger partial charge is 0.379 e. The monoisotopic (exact) mass is 339 g/mol. The van der Waals surface area contributed by atoms with Crippen LogP contribution in [0.3, 0.4) is 0 Å². The average Bonchev–Trinajstić information content (AvgIpc) is 3.09. The number of nitrogens with zero attached hydrogens (tertiary/aromatic N) is 2. The first-order valence-electron chi connectivity index (χ1n) is 8.42. The lowest BCUT2D eigenvalue weighted by Crippen LogP contribution is -2.46. The van der Waals surface area contributed by atoms with Gasteiger partial charge in [-0.3, -0.25) is 4.90 Å². The second-order valence-corrected chi connectivity index (χ2v) is 6.27. The maximum absolute atomic E-state index is 13.1. The van der Waals surface area contributed by atoms with Crippen molar-refractivity contribution in [1.82, 2.24) is 15.1 Å². The molecule has 2 saturated heterocycles. The van der Waals surface area contributed by atoms with Gasteiger partial charge in [-0.2, -0.15) is 0 Å². The molecule has 2 fully saturated rings. The lowest BCUT2D eigenvalue weighted by atomic mass is 10.1. The van der Waals surface area contributed by atoms with Crippen LogP contribution in [0.25, 0.3) is 0 Å². The maximum Gasteiger partial charge on any atom is 0.317 e. The smallest absolute Gasteiger partial charge is 0.317 e. The molecule has 2 aliphatic rings. The van der Waals surface area contributed by atoms with Gasteiger partial charge in [0.15, 0.2) is 11.6 Å². The molecule has 132 valence electrons. The topological polar surface area (TPSA) is 44.8 Å². The molecule has 0 unspecified atom stereocenters. The molecule has 1 aromatic carbocycles. The van der Waals surface area contributed by atoms with Crippen LogP contribution < -0.4 is 5.32 Å². The van der Waals surface area contributed by atoms with Crippen LogP contribution in [0.15, 0.2) is 18.2 Å². The molecular formula is C17H23F2N3O2. The highest BCUT2D eigenvalue weighted by Gasteiger charge is 2.30. The first-order valence-corrected chi connectivity index (χ1v) is 8.42. The third kappa shape index (κ3) is 4.21. The number of carbonyl (C=O) groups excluding carboxylic acids is 1. The second kappa shape index (κ2) is 7.90. The van der Waals surface area contributed by atoms with E-state index in [4.69, 9.17) is 4.74 Å². The highest BCUT2D eigenvalue weighted by molar-refractivity contribution is 5.74. The van der Waals surface area contributed by atoms with E-state index >= 15 is 0 Å². The average molecular weight is 339 g/mol. The van der Waals surface area contributed by atoms with Gasteiger partial charge >= 0.3 is 6.03 Å². The van der Waals surface area contributed by atoms with Crippen molar-refractivity contribution in [3.8, 4) is 0 Å². The number of hydrogen-bond acceptors (Lipinski definition) is 3. The van der Waals surface area contributed by atoms with Crippen molar-refractivity contribution in [2.24, 2.45) is 0 Å². The van der Waals surface area contributed by atoms with Crippen molar-refractivity contribution >= 4 is 6.03 Å². The fraction of sp³-hybridized carbons (Fsp3) is 0.588. The Hall–Kier alpha value is -1.73. The van der Waals surface area contributed by atoms with Crippen LogP contribution in [0.2, 0.25) is 0 Å². The minimum Gasteiger partial charge on any atom is -0.379 e. The summed E-state index contributed by atoms with van der Waals surface area (Å²) in [7, 11) is 0. The minimum atomic E-state index is -0.855. The lowest BCUT2D eigenvalue weighted by molar-refractivity contribution is 0.0191.